The van der Waals surface area contributed by atoms with Crippen LogP contribution in [-0.4, -0.2) is 4.98 Å². The van der Waals surface area contributed by atoms with Gasteiger partial charge in [-0.2, -0.15) is 0 Å². The first-order valence-corrected chi connectivity index (χ1v) is 6.43. The van der Waals surface area contributed by atoms with E-state index in [1.807, 2.05) is 6.07 Å². The number of pyridine rings is 1. The minimum absolute atomic E-state index is 0.143. The molecule has 1 nitrogen and oxygen atoms in total. The van der Waals surface area contributed by atoms with Crippen molar-refractivity contribution in [3.05, 3.63) is 53.7 Å². The summed E-state index contributed by atoms with van der Waals surface area (Å²) in [4.78, 5) is 4.20. The van der Waals surface area contributed by atoms with Crippen molar-refractivity contribution in [1.29, 1.82) is 0 Å². The van der Waals surface area contributed by atoms with Crippen LogP contribution in [0, 0.1) is 17.6 Å². The van der Waals surface area contributed by atoms with E-state index in [-0.39, 0.29) is 5.41 Å². The molecule has 1 saturated carbocycles. The highest BCUT2D eigenvalue weighted by Crippen LogP contribution is 2.56. The van der Waals surface area contributed by atoms with Crippen LogP contribution in [0.2, 0.25) is 0 Å². The number of benzene rings is 1. The van der Waals surface area contributed by atoms with Crippen molar-refractivity contribution in [1.82, 2.24) is 4.98 Å². The van der Waals surface area contributed by atoms with Gasteiger partial charge in [0, 0.05) is 17.8 Å². The predicted octanol–water partition coefficient (Wildman–Crippen LogP) is 4.32. The lowest BCUT2D eigenvalue weighted by Gasteiger charge is -2.17. The average molecular weight is 259 g/mol. The Kier molecular flexibility index (Phi) is 2.66. The maximum absolute atomic E-state index is 14.2. The first kappa shape index (κ1) is 12.3. The van der Waals surface area contributed by atoms with Gasteiger partial charge in [-0.25, -0.2) is 8.78 Å². The van der Waals surface area contributed by atoms with Crippen molar-refractivity contribution in [2.45, 2.75) is 25.7 Å². The van der Waals surface area contributed by atoms with Crippen molar-refractivity contribution in [2.24, 2.45) is 5.92 Å². The van der Waals surface area contributed by atoms with Gasteiger partial charge in [0.15, 0.2) is 0 Å². The fraction of sp³-hybridized carbons (Fsp3) is 0.312. The molecule has 0 radical (unpaired) electrons. The summed E-state index contributed by atoms with van der Waals surface area (Å²) >= 11 is 0. The molecule has 0 N–H and O–H groups in total. The standard InChI is InChI=1S/C16H15F2N/c1-10-9-16(10,2)12-7-11(17)8-13(18)15(12)14-5-3-4-6-19-14/h3-8,10H,9H2,1-2H3. The Balaban J connectivity index is 2.24. The van der Waals surface area contributed by atoms with Crippen molar-refractivity contribution < 1.29 is 8.78 Å². The largest absolute Gasteiger partial charge is 0.256 e. The van der Waals surface area contributed by atoms with Crippen LogP contribution in [0.25, 0.3) is 11.3 Å². The molecule has 3 rings (SSSR count). The molecule has 19 heavy (non-hydrogen) atoms. The van der Waals surface area contributed by atoms with Crippen LogP contribution in [0.5, 0.6) is 0 Å². The molecule has 3 heteroatoms. The van der Waals surface area contributed by atoms with Crippen LogP contribution in [-0.2, 0) is 5.41 Å². The Morgan fingerprint density at radius 2 is 2.00 bits per heavy atom. The molecule has 1 aliphatic rings. The van der Waals surface area contributed by atoms with Crippen molar-refractivity contribution in [3.63, 3.8) is 0 Å². The van der Waals surface area contributed by atoms with Gasteiger partial charge in [0.05, 0.1) is 5.69 Å². The Labute approximate surface area is 111 Å². The molecule has 0 amide bonds. The zero-order valence-corrected chi connectivity index (χ0v) is 11.0. The van der Waals surface area contributed by atoms with E-state index in [9.17, 15) is 8.78 Å². The van der Waals surface area contributed by atoms with Gasteiger partial charge in [0.1, 0.15) is 11.6 Å². The molecule has 0 spiro atoms. The summed E-state index contributed by atoms with van der Waals surface area (Å²) in [5.74, 6) is -0.613. The summed E-state index contributed by atoms with van der Waals surface area (Å²) in [6.07, 6.45) is 2.58. The van der Waals surface area contributed by atoms with E-state index in [1.165, 1.54) is 6.07 Å². The fourth-order valence-electron chi connectivity index (χ4n) is 2.75. The zero-order chi connectivity index (χ0) is 13.6. The molecule has 0 aliphatic heterocycles. The first-order valence-electron chi connectivity index (χ1n) is 6.43. The van der Waals surface area contributed by atoms with Gasteiger partial charge in [-0.15, -0.1) is 0 Å². The highest BCUT2D eigenvalue weighted by molar-refractivity contribution is 5.67. The summed E-state index contributed by atoms with van der Waals surface area (Å²) in [5, 5.41) is 0. The van der Waals surface area contributed by atoms with Crippen LogP contribution in [0.3, 0.4) is 0 Å². The molecular formula is C16H15F2N. The van der Waals surface area contributed by atoms with Gasteiger partial charge < -0.3 is 0 Å². The molecule has 1 fully saturated rings. The van der Waals surface area contributed by atoms with Gasteiger partial charge in [0.25, 0.3) is 0 Å². The predicted molar refractivity (Wildman–Crippen MR) is 70.7 cm³/mol. The van der Waals surface area contributed by atoms with E-state index in [2.05, 4.69) is 18.8 Å². The van der Waals surface area contributed by atoms with Crippen LogP contribution in [0.4, 0.5) is 8.78 Å². The van der Waals surface area contributed by atoms with E-state index >= 15 is 0 Å². The molecule has 0 bridgehead atoms. The van der Waals surface area contributed by atoms with Crippen LogP contribution in [0.1, 0.15) is 25.8 Å². The summed E-state index contributed by atoms with van der Waals surface area (Å²) in [6.45, 7) is 4.16. The second kappa shape index (κ2) is 4.12. The SMILES string of the molecule is CC1CC1(C)c1cc(F)cc(F)c1-c1ccccn1. The fourth-order valence-corrected chi connectivity index (χ4v) is 2.75. The smallest absolute Gasteiger partial charge is 0.135 e. The lowest BCUT2D eigenvalue weighted by atomic mass is 9.89. The lowest BCUT2D eigenvalue weighted by Crippen LogP contribution is -2.08. The minimum atomic E-state index is -0.533. The minimum Gasteiger partial charge on any atom is -0.256 e. The molecule has 2 atom stereocenters. The van der Waals surface area contributed by atoms with E-state index in [1.54, 1.807) is 18.3 Å². The van der Waals surface area contributed by atoms with E-state index in [0.717, 1.165) is 18.1 Å². The topological polar surface area (TPSA) is 12.9 Å². The number of aromatic nitrogens is 1. The zero-order valence-electron chi connectivity index (χ0n) is 11.0. The number of hydrogen-bond donors (Lipinski definition) is 0. The van der Waals surface area contributed by atoms with Crippen LogP contribution in [0.15, 0.2) is 36.5 Å². The monoisotopic (exact) mass is 259 g/mol. The summed E-state index contributed by atoms with van der Waals surface area (Å²) in [6, 6.07) is 7.75. The highest BCUT2D eigenvalue weighted by Gasteiger charge is 2.49. The van der Waals surface area contributed by atoms with Crippen molar-refractivity contribution in [2.75, 3.05) is 0 Å². The maximum atomic E-state index is 14.2. The molecule has 2 aromatic rings. The Morgan fingerprint density at radius 3 is 2.58 bits per heavy atom. The third-order valence-corrected chi connectivity index (χ3v) is 4.25. The molecule has 1 aromatic carbocycles. The van der Waals surface area contributed by atoms with Gasteiger partial charge in [0.2, 0.25) is 0 Å². The second-order valence-corrected chi connectivity index (χ2v) is 5.55. The number of rotatable bonds is 2. The summed E-state index contributed by atoms with van der Waals surface area (Å²) in [7, 11) is 0. The number of nitrogens with zero attached hydrogens (tertiary/aromatic N) is 1. The van der Waals surface area contributed by atoms with E-state index in [4.69, 9.17) is 0 Å². The third-order valence-electron chi connectivity index (χ3n) is 4.25. The normalized spacial score (nSPS) is 25.4. The van der Waals surface area contributed by atoms with Gasteiger partial charge in [-0.05, 0) is 41.5 Å². The number of halogens is 2. The first-order chi connectivity index (χ1) is 9.02. The van der Waals surface area contributed by atoms with Crippen molar-refractivity contribution >= 4 is 0 Å². The molecule has 2 unspecified atom stereocenters. The lowest BCUT2D eigenvalue weighted by molar-refractivity contribution is 0.573. The Hall–Kier alpha value is -1.77. The molecule has 98 valence electrons. The van der Waals surface area contributed by atoms with Gasteiger partial charge in [-0.3, -0.25) is 4.98 Å². The van der Waals surface area contributed by atoms with Gasteiger partial charge in [-0.1, -0.05) is 19.9 Å². The molecule has 1 heterocycles. The average Bonchev–Trinajstić information content (AvgIpc) is 2.99. The quantitative estimate of drug-likeness (QED) is 0.782. The van der Waals surface area contributed by atoms with Gasteiger partial charge >= 0.3 is 0 Å². The second-order valence-electron chi connectivity index (χ2n) is 5.55. The third kappa shape index (κ3) is 1.93. The van der Waals surface area contributed by atoms with Crippen LogP contribution >= 0.6 is 0 Å². The summed E-state index contributed by atoms with van der Waals surface area (Å²) in [5.41, 5.74) is 1.59. The summed E-state index contributed by atoms with van der Waals surface area (Å²) < 4.78 is 27.8. The molecule has 1 aromatic heterocycles. The van der Waals surface area contributed by atoms with Crippen LogP contribution < -0.4 is 0 Å². The van der Waals surface area contributed by atoms with Crippen molar-refractivity contribution in [3.8, 4) is 11.3 Å². The number of hydrogen-bond acceptors (Lipinski definition) is 1. The van der Waals surface area contributed by atoms with E-state index < -0.39 is 11.6 Å². The van der Waals surface area contributed by atoms with E-state index in [0.29, 0.717) is 17.2 Å². The molecule has 1 aliphatic carbocycles. The molecular weight excluding hydrogens is 244 g/mol. The maximum Gasteiger partial charge on any atom is 0.135 e. The highest BCUT2D eigenvalue weighted by atomic mass is 19.1. The molecule has 0 saturated heterocycles. The Bertz CT molecular complexity index is 624. The Morgan fingerprint density at radius 1 is 1.26 bits per heavy atom.